The van der Waals surface area contributed by atoms with Gasteiger partial charge in [0.2, 0.25) is 0 Å². The number of hydrogen-bond acceptors (Lipinski definition) is 2. The highest BCUT2D eigenvalue weighted by Crippen LogP contribution is 2.47. The Bertz CT molecular complexity index is 1350. The highest BCUT2D eigenvalue weighted by atomic mass is 16.5. The van der Waals surface area contributed by atoms with Gasteiger partial charge in [0.1, 0.15) is 5.75 Å². The van der Waals surface area contributed by atoms with Crippen LogP contribution in [0.25, 0.3) is 11.1 Å². The minimum absolute atomic E-state index is 0.00286. The van der Waals surface area contributed by atoms with Crippen molar-refractivity contribution in [2.24, 2.45) is 16.2 Å². The van der Waals surface area contributed by atoms with E-state index in [1.165, 1.54) is 27.8 Å². The third-order valence-corrected chi connectivity index (χ3v) is 8.00. The maximum absolute atomic E-state index is 13.7. The molecule has 1 unspecified atom stereocenters. The van der Waals surface area contributed by atoms with Gasteiger partial charge in [0.15, 0.2) is 0 Å². The maximum Gasteiger partial charge on any atom is 0.317 e. The number of esters is 1. The van der Waals surface area contributed by atoms with E-state index in [0.717, 1.165) is 24.8 Å². The van der Waals surface area contributed by atoms with Crippen LogP contribution in [0.15, 0.2) is 109 Å². The molecule has 0 amide bonds. The molecule has 0 bridgehead atoms. The van der Waals surface area contributed by atoms with Gasteiger partial charge in [0, 0.05) is 0 Å². The Morgan fingerprint density at radius 2 is 1.20 bits per heavy atom. The van der Waals surface area contributed by atoms with Gasteiger partial charge in [0.25, 0.3) is 0 Å². The molecule has 0 fully saturated rings. The topological polar surface area (TPSA) is 26.3 Å². The molecule has 0 aromatic heterocycles. The van der Waals surface area contributed by atoms with E-state index in [2.05, 4.69) is 133 Å². The largest absolute Gasteiger partial charge is 0.426 e. The van der Waals surface area contributed by atoms with Crippen LogP contribution in [0.2, 0.25) is 0 Å². The van der Waals surface area contributed by atoms with Gasteiger partial charge in [-0.25, -0.2) is 0 Å². The van der Waals surface area contributed by atoms with Crippen LogP contribution < -0.4 is 4.74 Å². The Morgan fingerprint density at radius 1 is 0.675 bits per heavy atom. The van der Waals surface area contributed by atoms with E-state index >= 15 is 0 Å². The second-order valence-electron chi connectivity index (χ2n) is 13.4. The van der Waals surface area contributed by atoms with Crippen molar-refractivity contribution < 1.29 is 9.53 Å². The summed E-state index contributed by atoms with van der Waals surface area (Å²) in [6.07, 6.45) is 9.63. The Morgan fingerprint density at radius 3 is 1.65 bits per heavy atom. The molecule has 40 heavy (non-hydrogen) atoms. The minimum Gasteiger partial charge on any atom is -0.426 e. The van der Waals surface area contributed by atoms with Crippen molar-refractivity contribution in [2.45, 2.75) is 67.7 Å². The van der Waals surface area contributed by atoms with Gasteiger partial charge in [-0.1, -0.05) is 133 Å². The van der Waals surface area contributed by atoms with Gasteiger partial charge in [-0.15, -0.1) is 0 Å². The quantitative estimate of drug-likeness (QED) is 0.172. The van der Waals surface area contributed by atoms with Crippen LogP contribution in [0.3, 0.4) is 0 Å². The second kappa shape index (κ2) is 11.8. The van der Waals surface area contributed by atoms with E-state index in [9.17, 15) is 4.79 Å². The molecule has 0 radical (unpaired) electrons. The van der Waals surface area contributed by atoms with E-state index in [-0.39, 0.29) is 16.8 Å². The van der Waals surface area contributed by atoms with Gasteiger partial charge in [-0.3, -0.25) is 4.79 Å². The van der Waals surface area contributed by atoms with Crippen LogP contribution in [0.4, 0.5) is 0 Å². The average molecular weight is 533 g/mol. The molecule has 2 nitrogen and oxygen atoms in total. The lowest BCUT2D eigenvalue weighted by Crippen LogP contribution is -2.45. The second-order valence-corrected chi connectivity index (χ2v) is 13.4. The molecule has 0 spiro atoms. The number of carbonyl (C=O) groups is 1. The molecule has 0 N–H and O–H groups in total. The van der Waals surface area contributed by atoms with E-state index < -0.39 is 5.41 Å². The van der Waals surface area contributed by atoms with Gasteiger partial charge in [-0.2, -0.15) is 0 Å². The lowest BCUT2D eigenvalue weighted by atomic mass is 9.61. The molecule has 3 aromatic carbocycles. The highest BCUT2D eigenvalue weighted by molar-refractivity contribution is 6.05. The minimum atomic E-state index is -0.625. The molecule has 0 saturated heterocycles. The molecule has 3 aromatic rings. The SMILES string of the molecule is CC(C)(C)CC(C)(C(=O)Oc1ccc(C(C2=CCCC=C2)=C(c2ccccc2)c2ccccc2)cc1)C(C)(C)C. The molecule has 1 aliphatic carbocycles. The van der Waals surface area contributed by atoms with Crippen molar-refractivity contribution in [3.8, 4) is 5.75 Å². The zero-order valence-electron chi connectivity index (χ0n) is 25.3. The van der Waals surface area contributed by atoms with Crippen molar-refractivity contribution in [1.29, 1.82) is 0 Å². The fourth-order valence-corrected chi connectivity index (χ4v) is 5.53. The summed E-state index contributed by atoms with van der Waals surface area (Å²) in [7, 11) is 0. The summed E-state index contributed by atoms with van der Waals surface area (Å²) in [5.41, 5.74) is 6.14. The van der Waals surface area contributed by atoms with Crippen molar-refractivity contribution in [3.63, 3.8) is 0 Å². The number of carbonyl (C=O) groups excluding carboxylic acids is 1. The summed E-state index contributed by atoms with van der Waals surface area (Å²) in [6, 6.07) is 29.2. The molecule has 2 heteroatoms. The summed E-state index contributed by atoms with van der Waals surface area (Å²) < 4.78 is 6.08. The number of ether oxygens (including phenoxy) is 1. The molecule has 0 aliphatic heterocycles. The smallest absolute Gasteiger partial charge is 0.317 e. The zero-order valence-corrected chi connectivity index (χ0v) is 25.3. The van der Waals surface area contributed by atoms with E-state index in [4.69, 9.17) is 4.74 Å². The number of rotatable bonds is 7. The first-order chi connectivity index (χ1) is 18.9. The number of allylic oxidation sites excluding steroid dienone is 5. The summed E-state index contributed by atoms with van der Waals surface area (Å²) in [6.45, 7) is 15.0. The maximum atomic E-state index is 13.7. The van der Waals surface area contributed by atoms with E-state index in [1.807, 2.05) is 19.1 Å². The lowest BCUT2D eigenvalue weighted by molar-refractivity contribution is -0.154. The number of benzene rings is 3. The van der Waals surface area contributed by atoms with Crippen LogP contribution in [-0.4, -0.2) is 5.97 Å². The third-order valence-electron chi connectivity index (χ3n) is 8.00. The fourth-order valence-electron chi connectivity index (χ4n) is 5.53. The average Bonchev–Trinajstić information content (AvgIpc) is 2.92. The van der Waals surface area contributed by atoms with Crippen molar-refractivity contribution in [1.82, 2.24) is 0 Å². The van der Waals surface area contributed by atoms with Crippen molar-refractivity contribution in [2.75, 3.05) is 0 Å². The summed E-state index contributed by atoms with van der Waals surface area (Å²) in [5, 5.41) is 0. The van der Waals surface area contributed by atoms with Gasteiger partial charge >= 0.3 is 5.97 Å². The summed E-state index contributed by atoms with van der Waals surface area (Å²) in [4.78, 5) is 13.7. The van der Waals surface area contributed by atoms with Gasteiger partial charge < -0.3 is 4.74 Å². The standard InChI is InChI=1S/C38H44O2/c1-36(2,3)27-38(7,37(4,5)6)35(39)40-32-25-23-31(24-26-32)34(30-21-15-10-16-22-30)33(28-17-11-8-12-18-28)29-19-13-9-14-20-29/h8-9,11-15,17-26H,10,16,27H2,1-7H3. The summed E-state index contributed by atoms with van der Waals surface area (Å²) >= 11 is 0. The number of hydrogen-bond donors (Lipinski definition) is 0. The predicted molar refractivity (Wildman–Crippen MR) is 169 cm³/mol. The highest BCUT2D eigenvalue weighted by Gasteiger charge is 2.48. The van der Waals surface area contributed by atoms with Gasteiger partial charge in [0.05, 0.1) is 5.41 Å². The Kier molecular flexibility index (Phi) is 8.68. The first-order valence-corrected chi connectivity index (χ1v) is 14.4. The zero-order chi connectivity index (χ0) is 29.0. The molecular weight excluding hydrogens is 488 g/mol. The van der Waals surface area contributed by atoms with Crippen LogP contribution in [0.1, 0.15) is 84.4 Å². The Hall–Kier alpha value is -3.65. The van der Waals surface area contributed by atoms with E-state index in [1.54, 1.807) is 0 Å². The van der Waals surface area contributed by atoms with Crippen LogP contribution >= 0.6 is 0 Å². The van der Waals surface area contributed by atoms with Crippen molar-refractivity contribution in [3.05, 3.63) is 125 Å². The first kappa shape index (κ1) is 29.3. The third kappa shape index (κ3) is 6.73. The normalized spacial score (nSPS) is 15.1. The molecule has 0 heterocycles. The Balaban J connectivity index is 1.79. The van der Waals surface area contributed by atoms with Crippen molar-refractivity contribution >= 4 is 17.1 Å². The lowest BCUT2D eigenvalue weighted by Gasteiger charge is -2.43. The molecule has 0 saturated carbocycles. The molecule has 4 rings (SSSR count). The van der Waals surface area contributed by atoms with Crippen LogP contribution in [0.5, 0.6) is 5.75 Å². The monoisotopic (exact) mass is 532 g/mol. The fraction of sp³-hybridized carbons (Fsp3) is 0.342. The first-order valence-electron chi connectivity index (χ1n) is 14.4. The molecule has 1 aliphatic rings. The Labute approximate surface area is 241 Å². The van der Waals surface area contributed by atoms with Crippen LogP contribution in [0, 0.1) is 16.2 Å². The molecule has 208 valence electrons. The molecular formula is C38H44O2. The molecule has 1 atom stereocenters. The van der Waals surface area contributed by atoms with E-state index in [0.29, 0.717) is 5.75 Å². The summed E-state index contributed by atoms with van der Waals surface area (Å²) in [5.74, 6) is 0.400. The predicted octanol–water partition coefficient (Wildman–Crippen LogP) is 10.3. The van der Waals surface area contributed by atoms with Gasteiger partial charge in [-0.05, 0) is 82.6 Å². The van der Waals surface area contributed by atoms with Crippen LogP contribution in [-0.2, 0) is 4.79 Å².